The molecule has 1 saturated heterocycles. The topological polar surface area (TPSA) is 157 Å². The van der Waals surface area contributed by atoms with Crippen LogP contribution in [0.15, 0.2) is 79.1 Å². The highest BCUT2D eigenvalue weighted by atomic mass is 16.6. The van der Waals surface area contributed by atoms with E-state index < -0.39 is 5.60 Å². The average Bonchev–Trinajstić information content (AvgIpc) is 3.45. The molecule has 6 rings (SSSR count). The highest BCUT2D eigenvalue weighted by Crippen LogP contribution is 2.35. The fraction of sp³-hybridized carbons (Fsp3) is 0.297. The van der Waals surface area contributed by atoms with Crippen molar-refractivity contribution in [2.45, 2.75) is 51.8 Å². The first-order valence-corrected chi connectivity index (χ1v) is 16.3. The third kappa shape index (κ3) is 8.10. The molecule has 13 heteroatoms. The quantitative estimate of drug-likeness (QED) is 0.174. The molecule has 2 aromatic carbocycles. The number of pyridine rings is 2. The predicted molar refractivity (Wildman–Crippen MR) is 187 cm³/mol. The van der Waals surface area contributed by atoms with Gasteiger partial charge in [-0.2, -0.15) is 10.4 Å². The third-order valence-corrected chi connectivity index (χ3v) is 7.98. The molecular formula is C37H38N8O5. The molecule has 1 aliphatic heterocycles. The SMILES string of the molecule is COc1ccc(Cn2nc(N[C@@H]3CCCN(C(=O)OC(C)(C)C)C3)c3c(Oc4ccc(C(=O)Nc5cc(C#N)ccn5)cc4)ccnc32)cc1. The van der Waals surface area contributed by atoms with E-state index in [0.717, 1.165) is 24.2 Å². The normalized spacial score (nSPS) is 14.5. The number of methoxy groups -OCH3 is 1. The number of nitrogens with one attached hydrogen (secondary N) is 2. The summed E-state index contributed by atoms with van der Waals surface area (Å²) in [7, 11) is 1.63. The van der Waals surface area contributed by atoms with Gasteiger partial charge in [0.2, 0.25) is 0 Å². The number of hydrogen-bond donors (Lipinski definition) is 2. The average molecular weight is 675 g/mol. The van der Waals surface area contributed by atoms with Crippen LogP contribution in [-0.4, -0.2) is 68.5 Å². The standard InChI is InChI=1S/C37H38N8O5/c1-37(2,3)50-36(47)44-19-5-6-27(23-44)41-33-32-30(16-18-40-34(32)45(43-33)22-24-7-11-28(48-4)12-8-24)49-29-13-9-26(10-14-29)35(46)42-31-20-25(21-38)15-17-39-31/h7-18,20,27H,5-6,19,22-23H2,1-4H3,(H,41,43)(H,39,42,46)/t27-/m1/s1. The predicted octanol–water partition coefficient (Wildman–Crippen LogP) is 6.61. The van der Waals surface area contributed by atoms with Crippen LogP contribution in [0.3, 0.4) is 0 Å². The molecule has 256 valence electrons. The van der Waals surface area contributed by atoms with Gasteiger partial charge in [0, 0.05) is 43.2 Å². The number of benzene rings is 2. The molecule has 1 atom stereocenters. The molecule has 4 heterocycles. The lowest BCUT2D eigenvalue weighted by atomic mass is 10.1. The van der Waals surface area contributed by atoms with E-state index >= 15 is 0 Å². The van der Waals surface area contributed by atoms with Gasteiger partial charge in [0.25, 0.3) is 5.91 Å². The molecule has 0 radical (unpaired) electrons. The van der Waals surface area contributed by atoms with Gasteiger partial charge in [-0.15, -0.1) is 0 Å². The van der Waals surface area contributed by atoms with Crippen LogP contribution in [0.2, 0.25) is 0 Å². The second kappa shape index (κ2) is 14.5. The summed E-state index contributed by atoms with van der Waals surface area (Å²) < 4.78 is 19.2. The molecule has 0 unspecified atom stereocenters. The number of piperidine rings is 1. The maximum atomic E-state index is 12.9. The molecule has 2 amide bonds. The zero-order valence-electron chi connectivity index (χ0n) is 28.3. The van der Waals surface area contributed by atoms with Crippen molar-refractivity contribution in [1.82, 2.24) is 24.6 Å². The minimum atomic E-state index is -0.588. The van der Waals surface area contributed by atoms with Gasteiger partial charge in [0.1, 0.15) is 34.1 Å². The van der Waals surface area contributed by atoms with E-state index in [1.807, 2.05) is 55.8 Å². The Morgan fingerprint density at radius 1 is 1.00 bits per heavy atom. The molecule has 1 aliphatic rings. The number of likely N-dealkylation sites (tertiary alicyclic amines) is 1. The minimum absolute atomic E-state index is 0.0852. The summed E-state index contributed by atoms with van der Waals surface area (Å²) in [5.41, 5.74) is 1.82. The van der Waals surface area contributed by atoms with Crippen LogP contribution in [0, 0.1) is 11.3 Å². The molecule has 5 aromatic rings. The third-order valence-electron chi connectivity index (χ3n) is 7.98. The van der Waals surface area contributed by atoms with Crippen LogP contribution in [0.4, 0.5) is 16.4 Å². The lowest BCUT2D eigenvalue weighted by molar-refractivity contribution is 0.0206. The van der Waals surface area contributed by atoms with Crippen LogP contribution in [0.1, 0.15) is 55.1 Å². The van der Waals surface area contributed by atoms with Gasteiger partial charge in [-0.05, 0) is 87.7 Å². The summed E-state index contributed by atoms with van der Waals surface area (Å²) in [5, 5.41) is 21.1. The van der Waals surface area contributed by atoms with E-state index in [-0.39, 0.29) is 23.9 Å². The van der Waals surface area contributed by atoms with E-state index in [1.165, 1.54) is 12.3 Å². The van der Waals surface area contributed by atoms with Gasteiger partial charge in [0.15, 0.2) is 11.5 Å². The fourth-order valence-corrected chi connectivity index (χ4v) is 5.61. The first-order valence-electron chi connectivity index (χ1n) is 16.3. The number of aromatic nitrogens is 4. The van der Waals surface area contributed by atoms with Crippen molar-refractivity contribution in [3.63, 3.8) is 0 Å². The maximum absolute atomic E-state index is 12.9. The van der Waals surface area contributed by atoms with Crippen LogP contribution in [0.5, 0.6) is 17.2 Å². The summed E-state index contributed by atoms with van der Waals surface area (Å²) in [6, 6.07) is 21.3. The number of amides is 2. The Morgan fingerprint density at radius 2 is 1.74 bits per heavy atom. The van der Waals surface area contributed by atoms with Gasteiger partial charge >= 0.3 is 6.09 Å². The monoisotopic (exact) mass is 674 g/mol. The zero-order valence-corrected chi connectivity index (χ0v) is 28.3. The summed E-state index contributed by atoms with van der Waals surface area (Å²) in [6.45, 7) is 7.10. The van der Waals surface area contributed by atoms with Crippen molar-refractivity contribution in [3.8, 4) is 23.3 Å². The van der Waals surface area contributed by atoms with Crippen molar-refractivity contribution in [2.75, 3.05) is 30.8 Å². The number of ether oxygens (including phenoxy) is 3. The van der Waals surface area contributed by atoms with E-state index in [1.54, 1.807) is 54.6 Å². The number of fused-ring (bicyclic) bond motifs is 1. The molecule has 0 bridgehead atoms. The minimum Gasteiger partial charge on any atom is -0.497 e. The summed E-state index contributed by atoms with van der Waals surface area (Å²) >= 11 is 0. The Kier molecular flexibility index (Phi) is 9.80. The Bertz CT molecular complexity index is 2030. The smallest absolute Gasteiger partial charge is 0.410 e. The second-order valence-corrected chi connectivity index (χ2v) is 12.9. The van der Waals surface area contributed by atoms with E-state index in [0.29, 0.717) is 59.1 Å². The van der Waals surface area contributed by atoms with Crippen LogP contribution in [0.25, 0.3) is 11.0 Å². The first-order chi connectivity index (χ1) is 24.1. The molecule has 0 spiro atoms. The van der Waals surface area contributed by atoms with Gasteiger partial charge in [-0.25, -0.2) is 19.4 Å². The molecule has 50 heavy (non-hydrogen) atoms. The van der Waals surface area contributed by atoms with E-state index in [2.05, 4.69) is 15.6 Å². The Hall–Kier alpha value is -6.16. The van der Waals surface area contributed by atoms with Crippen molar-refractivity contribution >= 4 is 34.7 Å². The molecule has 13 nitrogen and oxygen atoms in total. The van der Waals surface area contributed by atoms with Crippen LogP contribution >= 0.6 is 0 Å². The number of hydrogen-bond acceptors (Lipinski definition) is 10. The highest BCUT2D eigenvalue weighted by Gasteiger charge is 2.29. The Balaban J connectivity index is 1.26. The second-order valence-electron chi connectivity index (χ2n) is 12.9. The molecule has 0 aliphatic carbocycles. The van der Waals surface area contributed by atoms with Crippen molar-refractivity contribution in [2.24, 2.45) is 0 Å². The number of anilines is 2. The number of carbonyl (C=O) groups excluding carboxylic acids is 2. The molecule has 1 fully saturated rings. The Labute approximate surface area is 289 Å². The Morgan fingerprint density at radius 3 is 2.46 bits per heavy atom. The molecular weight excluding hydrogens is 636 g/mol. The fourth-order valence-electron chi connectivity index (χ4n) is 5.61. The number of rotatable bonds is 9. The number of nitrogens with zero attached hydrogens (tertiary/aromatic N) is 6. The van der Waals surface area contributed by atoms with Crippen molar-refractivity contribution < 1.29 is 23.8 Å². The van der Waals surface area contributed by atoms with Crippen LogP contribution in [-0.2, 0) is 11.3 Å². The van der Waals surface area contributed by atoms with Gasteiger partial charge < -0.3 is 29.7 Å². The number of nitriles is 1. The highest BCUT2D eigenvalue weighted by molar-refractivity contribution is 6.04. The van der Waals surface area contributed by atoms with Gasteiger partial charge in [-0.1, -0.05) is 12.1 Å². The largest absolute Gasteiger partial charge is 0.497 e. The lowest BCUT2D eigenvalue weighted by Crippen LogP contribution is -2.47. The van der Waals surface area contributed by atoms with Gasteiger partial charge in [0.05, 0.1) is 25.3 Å². The lowest BCUT2D eigenvalue weighted by Gasteiger charge is -2.34. The van der Waals surface area contributed by atoms with Crippen LogP contribution < -0.4 is 20.1 Å². The number of carbonyl (C=O) groups is 2. The molecule has 0 saturated carbocycles. The summed E-state index contributed by atoms with van der Waals surface area (Å²) in [6.07, 6.45) is 4.44. The van der Waals surface area contributed by atoms with E-state index in [4.69, 9.17) is 29.6 Å². The molecule has 3 aromatic heterocycles. The van der Waals surface area contributed by atoms with E-state index in [9.17, 15) is 9.59 Å². The van der Waals surface area contributed by atoms with Crippen molar-refractivity contribution in [1.29, 1.82) is 5.26 Å². The summed E-state index contributed by atoms with van der Waals surface area (Å²) in [5.74, 6) is 2.28. The molecule has 2 N–H and O–H groups in total. The first kappa shape index (κ1) is 33.7. The van der Waals surface area contributed by atoms with Crippen molar-refractivity contribution in [3.05, 3.63) is 95.8 Å². The van der Waals surface area contributed by atoms with Gasteiger partial charge in [-0.3, -0.25) is 4.79 Å². The zero-order chi connectivity index (χ0) is 35.3. The summed E-state index contributed by atoms with van der Waals surface area (Å²) in [4.78, 5) is 36.3. The maximum Gasteiger partial charge on any atom is 0.410 e.